The zero-order valence-electron chi connectivity index (χ0n) is 14.0. The number of carbonyl (C=O) groups excluding carboxylic acids is 1. The summed E-state index contributed by atoms with van der Waals surface area (Å²) in [6, 6.07) is 10.3. The average Bonchev–Trinajstić information content (AvgIpc) is 2.57. The van der Waals surface area contributed by atoms with Gasteiger partial charge in [-0.3, -0.25) is 14.7 Å². The molecule has 128 valence electrons. The predicted octanol–water partition coefficient (Wildman–Crippen LogP) is 2.62. The number of benzene rings is 1. The molecule has 0 saturated heterocycles. The number of amides is 1. The Morgan fingerprint density at radius 3 is 2.83 bits per heavy atom. The van der Waals surface area contributed by atoms with Crippen molar-refractivity contribution in [3.8, 4) is 0 Å². The highest BCUT2D eigenvalue weighted by atomic mass is 19.1. The number of halogens is 1. The van der Waals surface area contributed by atoms with Crippen LogP contribution >= 0.6 is 0 Å². The maximum atomic E-state index is 13.6. The molecule has 1 aromatic heterocycles. The summed E-state index contributed by atoms with van der Waals surface area (Å²) in [5.74, 6) is -0.539. The molecule has 24 heavy (non-hydrogen) atoms. The van der Waals surface area contributed by atoms with Crippen molar-refractivity contribution in [3.05, 3.63) is 59.7 Å². The molecule has 1 aromatic carbocycles. The highest BCUT2D eigenvalue weighted by Gasteiger charge is 2.12. The van der Waals surface area contributed by atoms with Gasteiger partial charge in [0.05, 0.1) is 18.8 Å². The van der Waals surface area contributed by atoms with Crippen LogP contribution in [0.25, 0.3) is 0 Å². The number of anilines is 1. The fraction of sp³-hybridized carbons (Fsp3) is 0.333. The van der Waals surface area contributed by atoms with Crippen LogP contribution in [0.5, 0.6) is 0 Å². The van der Waals surface area contributed by atoms with Gasteiger partial charge in [0, 0.05) is 32.1 Å². The van der Waals surface area contributed by atoms with Crippen LogP contribution in [0.3, 0.4) is 0 Å². The minimum atomic E-state index is -0.336. The van der Waals surface area contributed by atoms with E-state index in [0.29, 0.717) is 30.9 Å². The highest BCUT2D eigenvalue weighted by molar-refractivity contribution is 5.92. The fourth-order valence-electron chi connectivity index (χ4n) is 2.23. The van der Waals surface area contributed by atoms with E-state index in [1.54, 1.807) is 32.4 Å². The molecule has 1 amide bonds. The molecule has 6 heteroatoms. The summed E-state index contributed by atoms with van der Waals surface area (Å²) in [5.41, 5.74) is 1.88. The molecule has 0 aliphatic heterocycles. The van der Waals surface area contributed by atoms with Crippen LogP contribution in [0.1, 0.15) is 11.3 Å². The van der Waals surface area contributed by atoms with Crippen LogP contribution in [0.4, 0.5) is 10.1 Å². The molecular weight excluding hydrogens is 309 g/mol. The zero-order chi connectivity index (χ0) is 17.4. The van der Waals surface area contributed by atoms with Crippen molar-refractivity contribution >= 4 is 11.6 Å². The van der Waals surface area contributed by atoms with Crippen LogP contribution in [0, 0.1) is 12.7 Å². The molecule has 0 radical (unpaired) electrons. The molecule has 5 nitrogen and oxygen atoms in total. The first-order valence-corrected chi connectivity index (χ1v) is 7.75. The Kier molecular flexibility index (Phi) is 6.84. The summed E-state index contributed by atoms with van der Waals surface area (Å²) in [6.45, 7) is 3.51. The first-order valence-electron chi connectivity index (χ1n) is 7.75. The summed E-state index contributed by atoms with van der Waals surface area (Å²) in [5, 5.41) is 2.72. The molecule has 2 rings (SSSR count). The minimum absolute atomic E-state index is 0.176. The number of aromatic nitrogens is 1. The number of hydrogen-bond donors (Lipinski definition) is 1. The Balaban J connectivity index is 1.96. The summed E-state index contributed by atoms with van der Waals surface area (Å²) >= 11 is 0. The number of ether oxygens (including phenoxy) is 1. The SMILES string of the molecule is COCCN(CC(=O)Nc1ccc(C)c(F)c1)Cc1ccccn1. The second-order valence-electron chi connectivity index (χ2n) is 5.54. The molecular formula is C18H22FN3O2. The maximum Gasteiger partial charge on any atom is 0.238 e. The average molecular weight is 331 g/mol. The van der Waals surface area contributed by atoms with Crippen LogP contribution in [0.2, 0.25) is 0 Å². The third kappa shape index (κ3) is 5.72. The summed E-state index contributed by atoms with van der Waals surface area (Å²) < 4.78 is 18.7. The van der Waals surface area contributed by atoms with Crippen LogP contribution in [-0.4, -0.2) is 42.6 Å². The molecule has 2 aromatic rings. The summed E-state index contributed by atoms with van der Waals surface area (Å²) in [7, 11) is 1.62. The van der Waals surface area contributed by atoms with Gasteiger partial charge in [0.15, 0.2) is 0 Å². The van der Waals surface area contributed by atoms with Gasteiger partial charge in [-0.25, -0.2) is 4.39 Å². The number of aryl methyl sites for hydroxylation is 1. The van der Waals surface area contributed by atoms with E-state index in [9.17, 15) is 9.18 Å². The second-order valence-corrected chi connectivity index (χ2v) is 5.54. The monoisotopic (exact) mass is 331 g/mol. The minimum Gasteiger partial charge on any atom is -0.383 e. The molecule has 0 fully saturated rings. The molecule has 1 heterocycles. The molecule has 0 bridgehead atoms. The molecule has 0 aliphatic carbocycles. The summed E-state index contributed by atoms with van der Waals surface area (Å²) in [4.78, 5) is 18.4. The van der Waals surface area contributed by atoms with Crippen molar-refractivity contribution < 1.29 is 13.9 Å². The van der Waals surface area contributed by atoms with Crippen molar-refractivity contribution in [1.29, 1.82) is 0 Å². The summed E-state index contributed by atoms with van der Waals surface area (Å²) in [6.07, 6.45) is 1.72. The number of pyridine rings is 1. The van der Waals surface area contributed by atoms with Gasteiger partial charge in [0.1, 0.15) is 5.82 Å². The van der Waals surface area contributed by atoms with Crippen molar-refractivity contribution in [2.24, 2.45) is 0 Å². The lowest BCUT2D eigenvalue weighted by Gasteiger charge is -2.21. The Morgan fingerprint density at radius 1 is 1.33 bits per heavy atom. The van der Waals surface area contributed by atoms with E-state index in [4.69, 9.17) is 4.74 Å². The lowest BCUT2D eigenvalue weighted by molar-refractivity contribution is -0.117. The van der Waals surface area contributed by atoms with E-state index in [1.165, 1.54) is 6.07 Å². The van der Waals surface area contributed by atoms with Crippen molar-refractivity contribution in [3.63, 3.8) is 0 Å². The highest BCUT2D eigenvalue weighted by Crippen LogP contribution is 2.13. The van der Waals surface area contributed by atoms with Gasteiger partial charge < -0.3 is 10.1 Å². The molecule has 0 aliphatic rings. The maximum absolute atomic E-state index is 13.6. The number of hydrogen-bond acceptors (Lipinski definition) is 4. The fourth-order valence-corrected chi connectivity index (χ4v) is 2.23. The normalized spacial score (nSPS) is 10.8. The Hall–Kier alpha value is -2.31. The van der Waals surface area contributed by atoms with Gasteiger partial charge in [-0.2, -0.15) is 0 Å². The largest absolute Gasteiger partial charge is 0.383 e. The van der Waals surface area contributed by atoms with Gasteiger partial charge in [-0.15, -0.1) is 0 Å². The van der Waals surface area contributed by atoms with Gasteiger partial charge in [-0.05, 0) is 36.8 Å². The Morgan fingerprint density at radius 2 is 2.17 bits per heavy atom. The van der Waals surface area contributed by atoms with Crippen LogP contribution in [0.15, 0.2) is 42.6 Å². The quantitative estimate of drug-likeness (QED) is 0.808. The van der Waals surface area contributed by atoms with E-state index in [-0.39, 0.29) is 18.3 Å². The lowest BCUT2D eigenvalue weighted by Crippen LogP contribution is -2.35. The predicted molar refractivity (Wildman–Crippen MR) is 91.2 cm³/mol. The molecule has 0 spiro atoms. The van der Waals surface area contributed by atoms with E-state index < -0.39 is 0 Å². The standard InChI is InChI=1S/C18H22FN3O2/c1-14-6-7-15(11-17(14)19)21-18(23)13-22(9-10-24-2)12-16-5-3-4-8-20-16/h3-8,11H,9-10,12-13H2,1-2H3,(H,21,23). The van der Waals surface area contributed by atoms with Gasteiger partial charge in [-0.1, -0.05) is 12.1 Å². The number of nitrogens with zero attached hydrogens (tertiary/aromatic N) is 2. The van der Waals surface area contributed by atoms with E-state index in [0.717, 1.165) is 5.69 Å². The number of carbonyl (C=O) groups is 1. The molecule has 0 saturated carbocycles. The number of nitrogens with one attached hydrogen (secondary N) is 1. The van der Waals surface area contributed by atoms with Crippen LogP contribution < -0.4 is 5.32 Å². The van der Waals surface area contributed by atoms with Gasteiger partial charge in [0.2, 0.25) is 5.91 Å². The Bertz CT molecular complexity index is 665. The zero-order valence-corrected chi connectivity index (χ0v) is 14.0. The number of rotatable bonds is 8. The van der Waals surface area contributed by atoms with Crippen molar-refractivity contribution in [2.45, 2.75) is 13.5 Å². The van der Waals surface area contributed by atoms with Gasteiger partial charge >= 0.3 is 0 Å². The van der Waals surface area contributed by atoms with Crippen molar-refractivity contribution in [2.75, 3.05) is 32.1 Å². The van der Waals surface area contributed by atoms with E-state index >= 15 is 0 Å². The van der Waals surface area contributed by atoms with Crippen LogP contribution in [-0.2, 0) is 16.1 Å². The number of methoxy groups -OCH3 is 1. The Labute approximate surface area is 141 Å². The molecule has 0 atom stereocenters. The molecule has 1 N–H and O–H groups in total. The first-order chi connectivity index (χ1) is 11.6. The van der Waals surface area contributed by atoms with Crippen molar-refractivity contribution in [1.82, 2.24) is 9.88 Å². The first kappa shape index (κ1) is 18.0. The lowest BCUT2D eigenvalue weighted by atomic mass is 10.2. The smallest absolute Gasteiger partial charge is 0.238 e. The van der Waals surface area contributed by atoms with E-state index in [1.807, 2.05) is 23.1 Å². The van der Waals surface area contributed by atoms with Gasteiger partial charge in [0.25, 0.3) is 0 Å². The van der Waals surface area contributed by atoms with E-state index in [2.05, 4.69) is 10.3 Å². The second kappa shape index (κ2) is 9.10. The third-order valence-electron chi connectivity index (χ3n) is 3.55. The topological polar surface area (TPSA) is 54.5 Å². The molecule has 0 unspecified atom stereocenters. The third-order valence-corrected chi connectivity index (χ3v) is 3.55.